The Balaban J connectivity index is 1.80. The van der Waals surface area contributed by atoms with Crippen molar-refractivity contribution in [2.45, 2.75) is 25.8 Å². The maximum absolute atomic E-state index is 12.8. The van der Waals surface area contributed by atoms with E-state index in [9.17, 15) is 14.4 Å². The number of hydrogen-bond acceptors (Lipinski definition) is 3. The lowest BCUT2D eigenvalue weighted by atomic mass is 9.92. The zero-order valence-corrected chi connectivity index (χ0v) is 14.3. The van der Waals surface area contributed by atoms with E-state index in [1.54, 1.807) is 31.2 Å². The largest absolute Gasteiger partial charge is 0.325 e. The Hall–Kier alpha value is -2.95. The lowest BCUT2D eigenvalue weighted by Gasteiger charge is -2.22. The molecule has 3 rings (SSSR count). The highest BCUT2D eigenvalue weighted by Gasteiger charge is 2.49. The number of urea groups is 1. The molecule has 1 aliphatic rings. The topological polar surface area (TPSA) is 66.5 Å². The van der Waals surface area contributed by atoms with Crippen LogP contribution in [-0.4, -0.2) is 29.2 Å². The second kappa shape index (κ2) is 6.51. The van der Waals surface area contributed by atoms with Crippen LogP contribution in [0.1, 0.15) is 35.3 Å². The number of imide groups is 1. The lowest BCUT2D eigenvalue weighted by molar-refractivity contribution is -0.130. The number of benzene rings is 2. The quantitative estimate of drug-likeness (QED) is 0.674. The smallest absolute Gasteiger partial charge is 0.319 e. The number of Topliss-reactive ketones (excluding diaryl/α,β-unsaturated/α-hetero) is 1. The van der Waals surface area contributed by atoms with Crippen LogP contribution in [-0.2, 0) is 16.8 Å². The van der Waals surface area contributed by atoms with Gasteiger partial charge >= 0.3 is 6.03 Å². The molecule has 0 aliphatic carbocycles. The fourth-order valence-electron chi connectivity index (χ4n) is 2.97. The van der Waals surface area contributed by atoms with E-state index < -0.39 is 17.5 Å². The van der Waals surface area contributed by atoms with Crippen LogP contribution in [0, 0.1) is 0 Å². The number of amides is 3. The van der Waals surface area contributed by atoms with Gasteiger partial charge in [-0.25, -0.2) is 4.79 Å². The molecular formula is C20H20N2O3. The van der Waals surface area contributed by atoms with Gasteiger partial charge in [0.25, 0.3) is 5.91 Å². The summed E-state index contributed by atoms with van der Waals surface area (Å²) in [6.07, 6.45) is 0.886. The first kappa shape index (κ1) is 16.9. The van der Waals surface area contributed by atoms with E-state index in [4.69, 9.17) is 0 Å². The van der Waals surface area contributed by atoms with Gasteiger partial charge in [-0.3, -0.25) is 14.5 Å². The van der Waals surface area contributed by atoms with Crippen molar-refractivity contribution in [3.05, 3.63) is 71.3 Å². The first-order chi connectivity index (χ1) is 12.0. The van der Waals surface area contributed by atoms with Crippen LogP contribution in [0.2, 0.25) is 0 Å². The fraction of sp³-hybridized carbons (Fsp3) is 0.250. The molecule has 3 amide bonds. The zero-order valence-electron chi connectivity index (χ0n) is 14.3. The average molecular weight is 336 g/mol. The normalized spacial score (nSPS) is 19.8. The monoisotopic (exact) mass is 336 g/mol. The van der Waals surface area contributed by atoms with Crippen molar-refractivity contribution in [3.63, 3.8) is 0 Å². The van der Waals surface area contributed by atoms with Crippen molar-refractivity contribution >= 4 is 17.7 Å². The van der Waals surface area contributed by atoms with E-state index in [0.717, 1.165) is 16.9 Å². The molecular weight excluding hydrogens is 316 g/mol. The van der Waals surface area contributed by atoms with E-state index in [2.05, 4.69) is 5.32 Å². The predicted octanol–water partition coefficient (Wildman–Crippen LogP) is 2.90. The Morgan fingerprint density at radius 3 is 2.28 bits per heavy atom. The molecule has 0 spiro atoms. The Bertz CT molecular complexity index is 815. The summed E-state index contributed by atoms with van der Waals surface area (Å²) >= 11 is 0. The van der Waals surface area contributed by atoms with Crippen LogP contribution < -0.4 is 5.32 Å². The Morgan fingerprint density at radius 2 is 1.68 bits per heavy atom. The summed E-state index contributed by atoms with van der Waals surface area (Å²) in [5.74, 6) is -0.675. The van der Waals surface area contributed by atoms with E-state index in [0.29, 0.717) is 11.1 Å². The highest BCUT2D eigenvalue weighted by Crippen LogP contribution is 2.28. The van der Waals surface area contributed by atoms with Gasteiger partial charge in [0, 0.05) is 5.56 Å². The van der Waals surface area contributed by atoms with Crippen LogP contribution in [0.3, 0.4) is 0 Å². The summed E-state index contributed by atoms with van der Waals surface area (Å²) in [5.41, 5.74) is 1.16. The zero-order chi connectivity index (χ0) is 18.0. The third kappa shape index (κ3) is 3.05. The predicted molar refractivity (Wildman–Crippen MR) is 94.2 cm³/mol. The molecule has 1 saturated heterocycles. The van der Waals surface area contributed by atoms with Gasteiger partial charge in [0.1, 0.15) is 5.54 Å². The number of ketones is 1. The Kier molecular flexibility index (Phi) is 4.40. The highest BCUT2D eigenvalue weighted by atomic mass is 16.2. The molecule has 5 heteroatoms. The summed E-state index contributed by atoms with van der Waals surface area (Å²) in [4.78, 5) is 38.5. The maximum atomic E-state index is 12.8. The standard InChI is InChI=1S/C20H20N2O3/c1-3-14-9-11-15(12-10-14)17(23)13-22-18(24)20(2,21-19(22)25)16-7-5-4-6-8-16/h4-12H,3,13H2,1-2H3,(H,21,25)/t20-/m1/s1. The molecule has 1 aliphatic heterocycles. The molecule has 128 valence electrons. The first-order valence-corrected chi connectivity index (χ1v) is 8.27. The molecule has 5 nitrogen and oxygen atoms in total. The van der Waals surface area contributed by atoms with E-state index in [1.165, 1.54) is 0 Å². The van der Waals surface area contributed by atoms with Gasteiger partial charge in [0.15, 0.2) is 5.78 Å². The minimum absolute atomic E-state index is 0.261. The summed E-state index contributed by atoms with van der Waals surface area (Å²) < 4.78 is 0. The number of nitrogens with zero attached hydrogens (tertiary/aromatic N) is 1. The minimum atomic E-state index is -1.15. The van der Waals surface area contributed by atoms with Gasteiger partial charge in [-0.2, -0.15) is 0 Å². The highest BCUT2D eigenvalue weighted by molar-refractivity contribution is 6.11. The van der Waals surface area contributed by atoms with Crippen LogP contribution in [0.5, 0.6) is 0 Å². The molecule has 0 unspecified atom stereocenters. The fourth-order valence-corrected chi connectivity index (χ4v) is 2.97. The number of carbonyl (C=O) groups excluding carboxylic acids is 3. The van der Waals surface area contributed by atoms with Gasteiger partial charge in [-0.1, -0.05) is 61.5 Å². The molecule has 0 aromatic heterocycles. The molecule has 0 saturated carbocycles. The number of carbonyl (C=O) groups is 3. The number of rotatable bonds is 5. The molecule has 1 atom stereocenters. The third-order valence-electron chi connectivity index (χ3n) is 4.61. The maximum Gasteiger partial charge on any atom is 0.325 e. The lowest BCUT2D eigenvalue weighted by Crippen LogP contribution is -2.41. The molecule has 0 radical (unpaired) electrons. The second-order valence-electron chi connectivity index (χ2n) is 6.29. The summed E-state index contributed by atoms with van der Waals surface area (Å²) in [6, 6.07) is 15.7. The molecule has 1 N–H and O–H groups in total. The Morgan fingerprint density at radius 1 is 1.04 bits per heavy atom. The van der Waals surface area contributed by atoms with Gasteiger partial charge in [-0.05, 0) is 24.5 Å². The van der Waals surface area contributed by atoms with Crippen LogP contribution >= 0.6 is 0 Å². The number of aryl methyl sites for hydroxylation is 1. The van der Waals surface area contributed by atoms with Crippen LogP contribution in [0.15, 0.2) is 54.6 Å². The molecule has 25 heavy (non-hydrogen) atoms. The third-order valence-corrected chi connectivity index (χ3v) is 4.61. The molecule has 0 bridgehead atoms. The van der Waals surface area contributed by atoms with Crippen molar-refractivity contribution < 1.29 is 14.4 Å². The first-order valence-electron chi connectivity index (χ1n) is 8.27. The van der Waals surface area contributed by atoms with Gasteiger partial charge < -0.3 is 5.32 Å². The average Bonchev–Trinajstić information content (AvgIpc) is 2.86. The molecule has 1 fully saturated rings. The van der Waals surface area contributed by atoms with Crippen molar-refractivity contribution in [1.29, 1.82) is 0 Å². The van der Waals surface area contributed by atoms with Gasteiger partial charge in [0.2, 0.25) is 0 Å². The van der Waals surface area contributed by atoms with Crippen molar-refractivity contribution in [2.24, 2.45) is 0 Å². The summed E-state index contributed by atoms with van der Waals surface area (Å²) in [5, 5.41) is 2.71. The number of hydrogen-bond donors (Lipinski definition) is 1. The molecule has 1 heterocycles. The van der Waals surface area contributed by atoms with Crippen molar-refractivity contribution in [3.8, 4) is 0 Å². The molecule has 2 aromatic rings. The number of nitrogens with one attached hydrogen (secondary N) is 1. The molecule has 2 aromatic carbocycles. The van der Waals surface area contributed by atoms with Crippen LogP contribution in [0.25, 0.3) is 0 Å². The van der Waals surface area contributed by atoms with Crippen LogP contribution in [0.4, 0.5) is 4.79 Å². The van der Waals surface area contributed by atoms with E-state index in [-0.39, 0.29) is 12.3 Å². The SMILES string of the molecule is CCc1ccc(C(=O)CN2C(=O)N[C@](C)(c3ccccc3)C2=O)cc1. The Labute approximate surface area is 146 Å². The minimum Gasteiger partial charge on any atom is -0.319 e. The van der Waals surface area contributed by atoms with Gasteiger partial charge in [-0.15, -0.1) is 0 Å². The second-order valence-corrected chi connectivity index (χ2v) is 6.29. The van der Waals surface area contributed by atoms with Crippen molar-refractivity contribution in [2.75, 3.05) is 6.54 Å². The van der Waals surface area contributed by atoms with E-state index in [1.807, 2.05) is 37.3 Å². The summed E-state index contributed by atoms with van der Waals surface area (Å²) in [7, 11) is 0. The summed E-state index contributed by atoms with van der Waals surface area (Å²) in [6.45, 7) is 3.43. The van der Waals surface area contributed by atoms with Crippen molar-refractivity contribution in [1.82, 2.24) is 10.2 Å². The van der Waals surface area contributed by atoms with Gasteiger partial charge in [0.05, 0.1) is 6.54 Å². The van der Waals surface area contributed by atoms with E-state index >= 15 is 0 Å².